The molecule has 0 saturated carbocycles. The Kier molecular flexibility index (Phi) is 7.53. The first-order chi connectivity index (χ1) is 15.0. The van der Waals surface area contributed by atoms with Crippen LogP contribution in [0.3, 0.4) is 0 Å². The number of ether oxygens (including phenoxy) is 1. The van der Waals surface area contributed by atoms with Gasteiger partial charge in [0, 0.05) is 44.6 Å². The molecule has 8 nitrogen and oxygen atoms in total. The molecule has 0 radical (unpaired) electrons. The summed E-state index contributed by atoms with van der Waals surface area (Å²) in [4.78, 5) is 43.9. The Labute approximate surface area is 180 Å². The molecule has 1 saturated heterocycles. The van der Waals surface area contributed by atoms with Gasteiger partial charge >= 0.3 is 5.97 Å². The number of benzene rings is 1. The largest absolute Gasteiger partial charge is 0.469 e. The minimum atomic E-state index is -0.398. The van der Waals surface area contributed by atoms with Crippen LogP contribution in [-0.4, -0.2) is 61.0 Å². The third-order valence-corrected chi connectivity index (χ3v) is 5.07. The zero-order chi connectivity index (χ0) is 22.2. The van der Waals surface area contributed by atoms with E-state index in [1.165, 1.54) is 31.4 Å². The lowest BCUT2D eigenvalue weighted by molar-refractivity contribution is -0.140. The second-order valence-corrected chi connectivity index (χ2v) is 7.16. The summed E-state index contributed by atoms with van der Waals surface area (Å²) in [6.07, 6.45) is 2.63. The van der Waals surface area contributed by atoms with Crippen LogP contribution in [0.25, 0.3) is 0 Å². The summed E-state index contributed by atoms with van der Waals surface area (Å²) in [5, 5.41) is 2.73. The Bertz CT molecular complexity index is 910. The first-order valence-corrected chi connectivity index (χ1v) is 10.1. The maximum atomic E-state index is 13.0. The number of methoxy groups -OCH3 is 1. The Morgan fingerprint density at radius 3 is 2.35 bits per heavy atom. The predicted octanol–water partition coefficient (Wildman–Crippen LogP) is 2.46. The number of amides is 2. The van der Waals surface area contributed by atoms with E-state index < -0.39 is 5.82 Å². The Morgan fingerprint density at radius 2 is 1.74 bits per heavy atom. The normalized spacial score (nSPS) is 13.6. The molecule has 0 bridgehead atoms. The Hall–Kier alpha value is -3.49. The summed E-state index contributed by atoms with van der Waals surface area (Å²) in [7, 11) is 1.34. The third-order valence-electron chi connectivity index (χ3n) is 5.07. The molecule has 31 heavy (non-hydrogen) atoms. The van der Waals surface area contributed by atoms with Crippen molar-refractivity contribution in [3.63, 3.8) is 0 Å². The minimum absolute atomic E-state index is 0.0374. The van der Waals surface area contributed by atoms with Gasteiger partial charge < -0.3 is 19.9 Å². The molecule has 1 aliphatic rings. The zero-order valence-electron chi connectivity index (χ0n) is 17.3. The smallest absolute Gasteiger partial charge is 0.305 e. The minimum Gasteiger partial charge on any atom is -0.469 e. The van der Waals surface area contributed by atoms with Crippen LogP contribution in [-0.2, 0) is 14.3 Å². The lowest BCUT2D eigenvalue weighted by Gasteiger charge is -2.35. The van der Waals surface area contributed by atoms with Gasteiger partial charge in [0.2, 0.25) is 5.91 Å². The lowest BCUT2D eigenvalue weighted by atomic mass is 10.2. The molecule has 1 aromatic carbocycles. The molecule has 0 aliphatic carbocycles. The van der Waals surface area contributed by atoms with Crippen LogP contribution in [0, 0.1) is 5.82 Å². The van der Waals surface area contributed by atoms with Gasteiger partial charge in [-0.05, 0) is 42.8 Å². The van der Waals surface area contributed by atoms with Gasteiger partial charge in [-0.2, -0.15) is 0 Å². The summed E-state index contributed by atoms with van der Waals surface area (Å²) in [5.74, 6) is -0.242. The summed E-state index contributed by atoms with van der Waals surface area (Å²) < 4.78 is 17.6. The SMILES string of the molecule is COC(=O)CCCC(=O)N1CCN(c2ccc(NC(=O)c3ccc(F)cc3)cn2)CC1. The van der Waals surface area contributed by atoms with E-state index in [-0.39, 0.29) is 24.2 Å². The number of esters is 1. The van der Waals surface area contributed by atoms with E-state index in [0.717, 1.165) is 5.82 Å². The molecule has 1 fully saturated rings. The number of rotatable bonds is 7. The van der Waals surface area contributed by atoms with Gasteiger partial charge in [0.05, 0.1) is 19.0 Å². The van der Waals surface area contributed by atoms with Crippen molar-refractivity contribution in [1.82, 2.24) is 9.88 Å². The maximum absolute atomic E-state index is 13.0. The number of nitrogens with one attached hydrogen (secondary N) is 1. The van der Waals surface area contributed by atoms with E-state index in [9.17, 15) is 18.8 Å². The number of halogens is 1. The molecule has 1 aromatic heterocycles. The van der Waals surface area contributed by atoms with E-state index in [2.05, 4.69) is 19.9 Å². The van der Waals surface area contributed by atoms with Crippen molar-refractivity contribution < 1.29 is 23.5 Å². The molecular weight excluding hydrogens is 403 g/mol. The van der Waals surface area contributed by atoms with Crippen molar-refractivity contribution >= 4 is 29.3 Å². The highest BCUT2D eigenvalue weighted by atomic mass is 19.1. The van der Waals surface area contributed by atoms with Crippen molar-refractivity contribution in [2.45, 2.75) is 19.3 Å². The van der Waals surface area contributed by atoms with Gasteiger partial charge in [0.25, 0.3) is 5.91 Å². The molecule has 0 unspecified atom stereocenters. The van der Waals surface area contributed by atoms with Crippen LogP contribution in [0.4, 0.5) is 15.9 Å². The van der Waals surface area contributed by atoms with E-state index in [1.54, 1.807) is 17.2 Å². The van der Waals surface area contributed by atoms with Crippen LogP contribution < -0.4 is 10.2 Å². The van der Waals surface area contributed by atoms with Crippen LogP contribution in [0.1, 0.15) is 29.6 Å². The maximum Gasteiger partial charge on any atom is 0.305 e. The molecule has 2 aromatic rings. The summed E-state index contributed by atoms with van der Waals surface area (Å²) in [6, 6.07) is 8.88. The van der Waals surface area contributed by atoms with Crippen LogP contribution in [0.2, 0.25) is 0 Å². The van der Waals surface area contributed by atoms with Crippen molar-refractivity contribution in [2.24, 2.45) is 0 Å². The lowest BCUT2D eigenvalue weighted by Crippen LogP contribution is -2.49. The van der Waals surface area contributed by atoms with E-state index in [4.69, 9.17) is 0 Å². The fourth-order valence-electron chi connectivity index (χ4n) is 3.28. The first kappa shape index (κ1) is 22.2. The number of anilines is 2. The molecule has 2 amide bonds. The first-order valence-electron chi connectivity index (χ1n) is 10.1. The number of pyridine rings is 1. The fourth-order valence-corrected chi connectivity index (χ4v) is 3.28. The molecule has 164 valence electrons. The summed E-state index contributed by atoms with van der Waals surface area (Å²) in [5.41, 5.74) is 0.898. The van der Waals surface area contributed by atoms with E-state index in [1.807, 2.05) is 6.07 Å². The molecule has 1 aliphatic heterocycles. The van der Waals surface area contributed by atoms with Gasteiger partial charge in [-0.15, -0.1) is 0 Å². The molecule has 0 spiro atoms. The number of hydrogen-bond donors (Lipinski definition) is 1. The molecule has 0 atom stereocenters. The van der Waals surface area contributed by atoms with Gasteiger partial charge in [-0.25, -0.2) is 9.37 Å². The average molecular weight is 428 g/mol. The van der Waals surface area contributed by atoms with Crippen LogP contribution >= 0.6 is 0 Å². The Morgan fingerprint density at radius 1 is 1.03 bits per heavy atom. The summed E-state index contributed by atoms with van der Waals surface area (Å²) in [6.45, 7) is 2.47. The predicted molar refractivity (Wildman–Crippen MR) is 113 cm³/mol. The number of nitrogens with zero attached hydrogens (tertiary/aromatic N) is 3. The van der Waals surface area contributed by atoms with Crippen molar-refractivity contribution in [1.29, 1.82) is 0 Å². The summed E-state index contributed by atoms with van der Waals surface area (Å²) >= 11 is 0. The fraction of sp³-hybridized carbons (Fsp3) is 0.364. The van der Waals surface area contributed by atoms with Crippen LogP contribution in [0.15, 0.2) is 42.6 Å². The number of piperazine rings is 1. The highest BCUT2D eigenvalue weighted by Crippen LogP contribution is 2.17. The molecule has 9 heteroatoms. The highest BCUT2D eigenvalue weighted by Gasteiger charge is 2.22. The molecular formula is C22H25FN4O4. The standard InChI is InChI=1S/C22H25FN4O4/c1-31-21(29)4-2-3-20(28)27-13-11-26(12-14-27)19-10-9-18(15-24-19)25-22(30)16-5-7-17(23)8-6-16/h5-10,15H,2-4,11-14H2,1H3,(H,25,30). The van der Waals surface area contributed by atoms with Gasteiger partial charge in [0.1, 0.15) is 11.6 Å². The topological polar surface area (TPSA) is 91.8 Å². The third kappa shape index (κ3) is 6.24. The van der Waals surface area contributed by atoms with Crippen molar-refractivity contribution in [2.75, 3.05) is 43.5 Å². The highest BCUT2D eigenvalue weighted by molar-refractivity contribution is 6.04. The zero-order valence-corrected chi connectivity index (χ0v) is 17.3. The van der Waals surface area contributed by atoms with Gasteiger partial charge in [0.15, 0.2) is 0 Å². The monoisotopic (exact) mass is 428 g/mol. The second-order valence-electron chi connectivity index (χ2n) is 7.16. The van der Waals surface area contributed by atoms with Crippen LogP contribution in [0.5, 0.6) is 0 Å². The molecule has 1 N–H and O–H groups in total. The van der Waals surface area contributed by atoms with E-state index in [0.29, 0.717) is 50.3 Å². The van der Waals surface area contributed by atoms with Crippen molar-refractivity contribution in [3.05, 3.63) is 54.0 Å². The molecule has 2 heterocycles. The second kappa shape index (κ2) is 10.5. The number of hydrogen-bond acceptors (Lipinski definition) is 6. The van der Waals surface area contributed by atoms with Crippen molar-refractivity contribution in [3.8, 4) is 0 Å². The van der Waals surface area contributed by atoms with E-state index >= 15 is 0 Å². The molecule has 3 rings (SSSR count). The number of carbonyl (C=O) groups is 3. The quantitative estimate of drug-likeness (QED) is 0.682. The number of carbonyl (C=O) groups excluding carboxylic acids is 3. The van der Waals surface area contributed by atoms with Gasteiger partial charge in [-0.3, -0.25) is 14.4 Å². The Balaban J connectivity index is 1.46. The van der Waals surface area contributed by atoms with Gasteiger partial charge in [-0.1, -0.05) is 0 Å². The average Bonchev–Trinajstić information content (AvgIpc) is 2.80. The number of aromatic nitrogens is 1.